The van der Waals surface area contributed by atoms with Crippen LogP contribution in [0.1, 0.15) is 32.1 Å². The summed E-state index contributed by atoms with van der Waals surface area (Å²) in [5, 5.41) is 0. The smallest absolute Gasteiger partial charge is 0.409 e. The van der Waals surface area contributed by atoms with Gasteiger partial charge < -0.3 is 20.3 Å². The fourth-order valence-electron chi connectivity index (χ4n) is 3.29. The van der Waals surface area contributed by atoms with E-state index in [4.69, 9.17) is 10.5 Å². The van der Waals surface area contributed by atoms with E-state index >= 15 is 0 Å². The zero-order valence-electron chi connectivity index (χ0n) is 12.3. The summed E-state index contributed by atoms with van der Waals surface area (Å²) in [6.07, 6.45) is 4.86. The molecule has 1 saturated heterocycles. The summed E-state index contributed by atoms with van der Waals surface area (Å²) in [5.41, 5.74) is 5.56. The zero-order valence-corrected chi connectivity index (χ0v) is 12.3. The van der Waals surface area contributed by atoms with Crippen molar-refractivity contribution in [2.45, 2.75) is 32.1 Å². The second-order valence-electron chi connectivity index (χ2n) is 5.79. The Morgan fingerprint density at radius 2 is 1.60 bits per heavy atom. The molecule has 2 rings (SSSR count). The number of carbonyl (C=O) groups is 2. The van der Waals surface area contributed by atoms with Crippen LogP contribution in [-0.2, 0) is 9.53 Å². The minimum absolute atomic E-state index is 0.184. The van der Waals surface area contributed by atoms with E-state index in [0.717, 1.165) is 25.7 Å². The van der Waals surface area contributed by atoms with Crippen molar-refractivity contribution in [2.24, 2.45) is 11.1 Å². The number of nitrogens with zero attached hydrogens (tertiary/aromatic N) is 2. The van der Waals surface area contributed by atoms with Crippen LogP contribution in [0.15, 0.2) is 0 Å². The molecule has 0 spiro atoms. The number of hydrogen-bond donors (Lipinski definition) is 1. The van der Waals surface area contributed by atoms with Crippen molar-refractivity contribution in [3.63, 3.8) is 0 Å². The topological polar surface area (TPSA) is 75.9 Å². The Kier molecular flexibility index (Phi) is 4.86. The van der Waals surface area contributed by atoms with Crippen molar-refractivity contribution in [1.82, 2.24) is 9.80 Å². The molecule has 0 radical (unpaired) electrons. The third-order valence-corrected chi connectivity index (χ3v) is 4.65. The van der Waals surface area contributed by atoms with E-state index < -0.39 is 0 Å². The van der Waals surface area contributed by atoms with Gasteiger partial charge in [-0.15, -0.1) is 0 Å². The number of piperazine rings is 1. The van der Waals surface area contributed by atoms with Gasteiger partial charge in [-0.2, -0.15) is 0 Å². The predicted octanol–water partition coefficient (Wildman–Crippen LogP) is 0.806. The van der Waals surface area contributed by atoms with Crippen LogP contribution in [0.25, 0.3) is 0 Å². The van der Waals surface area contributed by atoms with Crippen molar-refractivity contribution in [1.29, 1.82) is 0 Å². The minimum Gasteiger partial charge on any atom is -0.453 e. The summed E-state index contributed by atoms with van der Waals surface area (Å²) < 4.78 is 4.71. The summed E-state index contributed by atoms with van der Waals surface area (Å²) in [4.78, 5) is 27.7. The van der Waals surface area contributed by atoms with Gasteiger partial charge in [0.15, 0.2) is 0 Å². The van der Waals surface area contributed by atoms with E-state index in [9.17, 15) is 9.59 Å². The molecule has 6 heteroatoms. The van der Waals surface area contributed by atoms with Crippen molar-refractivity contribution in [3.05, 3.63) is 0 Å². The number of nitrogens with two attached hydrogens (primary N) is 1. The second kappa shape index (κ2) is 6.43. The Labute approximate surface area is 120 Å². The van der Waals surface area contributed by atoms with E-state index in [2.05, 4.69) is 0 Å². The molecule has 0 bridgehead atoms. The van der Waals surface area contributed by atoms with Crippen molar-refractivity contribution < 1.29 is 14.3 Å². The third kappa shape index (κ3) is 2.90. The van der Waals surface area contributed by atoms with E-state index in [0.29, 0.717) is 32.7 Å². The number of ether oxygens (including phenoxy) is 1. The Morgan fingerprint density at radius 1 is 1.05 bits per heavy atom. The first kappa shape index (κ1) is 15.1. The molecule has 2 aliphatic rings. The van der Waals surface area contributed by atoms with E-state index in [1.54, 1.807) is 4.90 Å². The van der Waals surface area contributed by atoms with Gasteiger partial charge in [-0.3, -0.25) is 4.79 Å². The molecule has 1 aliphatic carbocycles. The minimum atomic E-state index is -0.355. The van der Waals surface area contributed by atoms with Gasteiger partial charge in [-0.05, 0) is 12.8 Å². The number of amides is 2. The molecule has 1 heterocycles. The van der Waals surface area contributed by atoms with Crippen LogP contribution in [0.4, 0.5) is 4.79 Å². The monoisotopic (exact) mass is 283 g/mol. The summed E-state index contributed by atoms with van der Waals surface area (Å²) in [6, 6.07) is 0. The van der Waals surface area contributed by atoms with Crippen LogP contribution >= 0.6 is 0 Å². The first-order chi connectivity index (χ1) is 9.63. The van der Waals surface area contributed by atoms with Crippen LogP contribution in [0.2, 0.25) is 0 Å². The average Bonchev–Trinajstić information content (AvgIpc) is 2.54. The van der Waals surface area contributed by atoms with Gasteiger partial charge in [0.2, 0.25) is 5.91 Å². The first-order valence-electron chi connectivity index (χ1n) is 7.45. The SMILES string of the molecule is COC(=O)N1CCN(C(=O)C2(CN)CCCCC2)CC1. The maximum atomic E-state index is 12.8. The first-order valence-corrected chi connectivity index (χ1v) is 7.45. The molecule has 2 N–H and O–H groups in total. The Bertz CT molecular complexity index is 359. The number of carbonyl (C=O) groups excluding carboxylic acids is 2. The third-order valence-electron chi connectivity index (χ3n) is 4.65. The van der Waals surface area contributed by atoms with Gasteiger partial charge in [0.25, 0.3) is 0 Å². The highest BCUT2D eigenvalue weighted by atomic mass is 16.5. The fraction of sp³-hybridized carbons (Fsp3) is 0.857. The highest BCUT2D eigenvalue weighted by Crippen LogP contribution is 2.37. The number of hydrogen-bond acceptors (Lipinski definition) is 4. The quantitative estimate of drug-likeness (QED) is 0.813. The van der Waals surface area contributed by atoms with E-state index in [1.807, 2.05) is 4.90 Å². The summed E-state index contributed by atoms with van der Waals surface area (Å²) in [7, 11) is 1.38. The molecule has 0 aromatic heterocycles. The van der Waals surface area contributed by atoms with Crippen molar-refractivity contribution in [3.8, 4) is 0 Å². The van der Waals surface area contributed by atoms with Gasteiger partial charge in [0, 0.05) is 32.7 Å². The van der Waals surface area contributed by atoms with Crippen LogP contribution in [0, 0.1) is 5.41 Å². The molecule has 1 saturated carbocycles. The molecule has 0 aromatic carbocycles. The largest absolute Gasteiger partial charge is 0.453 e. The molecule has 2 fully saturated rings. The standard InChI is InChI=1S/C14H25N3O3/c1-20-13(19)17-9-7-16(8-10-17)12(18)14(11-15)5-3-2-4-6-14/h2-11,15H2,1H3. The molecule has 0 unspecified atom stereocenters. The number of rotatable bonds is 2. The molecule has 0 atom stereocenters. The lowest BCUT2D eigenvalue weighted by molar-refractivity contribution is -0.145. The van der Waals surface area contributed by atoms with Gasteiger partial charge in [0.05, 0.1) is 12.5 Å². The van der Waals surface area contributed by atoms with E-state index in [1.165, 1.54) is 13.5 Å². The molecule has 114 valence electrons. The lowest BCUT2D eigenvalue weighted by atomic mass is 9.73. The van der Waals surface area contributed by atoms with Crippen molar-refractivity contribution >= 4 is 12.0 Å². The Morgan fingerprint density at radius 3 is 2.10 bits per heavy atom. The molecular formula is C14H25N3O3. The summed E-state index contributed by atoms with van der Waals surface area (Å²) in [6.45, 7) is 2.67. The summed E-state index contributed by atoms with van der Waals surface area (Å²) >= 11 is 0. The van der Waals surface area contributed by atoms with Crippen molar-refractivity contribution in [2.75, 3.05) is 39.8 Å². The Balaban J connectivity index is 1.95. The maximum absolute atomic E-state index is 12.8. The molecule has 1 aliphatic heterocycles. The fourth-order valence-corrected chi connectivity index (χ4v) is 3.29. The molecule has 6 nitrogen and oxygen atoms in total. The lowest BCUT2D eigenvalue weighted by Gasteiger charge is -2.42. The van der Waals surface area contributed by atoms with Crippen LogP contribution in [0.5, 0.6) is 0 Å². The maximum Gasteiger partial charge on any atom is 0.409 e. The lowest BCUT2D eigenvalue weighted by Crippen LogP contribution is -2.56. The molecular weight excluding hydrogens is 258 g/mol. The molecule has 20 heavy (non-hydrogen) atoms. The van der Waals surface area contributed by atoms with Gasteiger partial charge in [-0.1, -0.05) is 19.3 Å². The zero-order chi connectivity index (χ0) is 14.6. The highest BCUT2D eigenvalue weighted by Gasteiger charge is 2.41. The van der Waals surface area contributed by atoms with Gasteiger partial charge >= 0.3 is 6.09 Å². The Hall–Kier alpha value is -1.30. The van der Waals surface area contributed by atoms with Crippen LogP contribution in [-0.4, -0.2) is 61.6 Å². The van der Waals surface area contributed by atoms with Crippen LogP contribution in [0.3, 0.4) is 0 Å². The molecule has 0 aromatic rings. The molecule has 2 amide bonds. The number of methoxy groups -OCH3 is 1. The highest BCUT2D eigenvalue weighted by molar-refractivity contribution is 5.83. The van der Waals surface area contributed by atoms with E-state index in [-0.39, 0.29) is 17.4 Å². The van der Waals surface area contributed by atoms with Gasteiger partial charge in [-0.25, -0.2) is 4.79 Å². The van der Waals surface area contributed by atoms with Gasteiger partial charge in [0.1, 0.15) is 0 Å². The normalized spacial score (nSPS) is 22.5. The van der Waals surface area contributed by atoms with Crippen LogP contribution < -0.4 is 5.73 Å². The second-order valence-corrected chi connectivity index (χ2v) is 5.79. The average molecular weight is 283 g/mol. The summed E-state index contributed by atoms with van der Waals surface area (Å²) in [5.74, 6) is 0.184. The predicted molar refractivity (Wildman–Crippen MR) is 75.1 cm³/mol.